The Balaban J connectivity index is 1.38. The van der Waals surface area contributed by atoms with Crippen LogP contribution in [0.2, 0.25) is 0 Å². The van der Waals surface area contributed by atoms with Gasteiger partial charge in [0.2, 0.25) is 10.0 Å². The standard InChI is InChI=1S/C16H24N2O2S/c19-21(20,18-12-13-4-3-5-13)9-8-17-16-10-14-6-1-2-7-15(14)11-16/h1-2,6-7,13,16-18H,3-5,8-12H2. The van der Waals surface area contributed by atoms with Crippen LogP contribution in [0.15, 0.2) is 24.3 Å². The van der Waals surface area contributed by atoms with Crippen LogP contribution < -0.4 is 10.0 Å². The molecule has 2 aliphatic rings. The van der Waals surface area contributed by atoms with Gasteiger partial charge in [0.25, 0.3) is 0 Å². The number of nitrogens with one attached hydrogen (secondary N) is 2. The van der Waals surface area contributed by atoms with Gasteiger partial charge in [-0.1, -0.05) is 30.7 Å². The van der Waals surface area contributed by atoms with E-state index in [0.29, 0.717) is 25.0 Å². The number of rotatable bonds is 7. The Hall–Kier alpha value is -0.910. The number of hydrogen-bond acceptors (Lipinski definition) is 3. The molecule has 2 aliphatic carbocycles. The Labute approximate surface area is 127 Å². The minimum Gasteiger partial charge on any atom is -0.312 e. The smallest absolute Gasteiger partial charge is 0.212 e. The van der Waals surface area contributed by atoms with Crippen molar-refractivity contribution in [3.8, 4) is 0 Å². The summed E-state index contributed by atoms with van der Waals surface area (Å²) in [6.45, 7) is 1.15. The summed E-state index contributed by atoms with van der Waals surface area (Å²) in [6.07, 6.45) is 5.59. The van der Waals surface area contributed by atoms with Crippen LogP contribution in [0.25, 0.3) is 0 Å². The average molecular weight is 308 g/mol. The van der Waals surface area contributed by atoms with Crippen LogP contribution in [0.5, 0.6) is 0 Å². The predicted molar refractivity (Wildman–Crippen MR) is 84.8 cm³/mol. The van der Waals surface area contributed by atoms with Crippen molar-refractivity contribution < 1.29 is 8.42 Å². The molecule has 0 spiro atoms. The van der Waals surface area contributed by atoms with Gasteiger partial charge in [-0.3, -0.25) is 0 Å². The third-order valence-corrected chi connectivity index (χ3v) is 6.02. The zero-order valence-corrected chi connectivity index (χ0v) is 13.2. The molecular weight excluding hydrogens is 284 g/mol. The summed E-state index contributed by atoms with van der Waals surface area (Å²) in [6, 6.07) is 8.83. The van der Waals surface area contributed by atoms with E-state index in [4.69, 9.17) is 0 Å². The van der Waals surface area contributed by atoms with Gasteiger partial charge in [0.05, 0.1) is 5.75 Å². The van der Waals surface area contributed by atoms with Crippen LogP contribution in [-0.4, -0.2) is 33.3 Å². The SMILES string of the molecule is O=S(=O)(CCNC1Cc2ccccc2C1)NCC1CCC1. The van der Waals surface area contributed by atoms with Gasteiger partial charge in [-0.05, 0) is 42.7 Å². The molecule has 1 fully saturated rings. The molecule has 1 aromatic carbocycles. The number of benzene rings is 1. The van der Waals surface area contributed by atoms with Gasteiger partial charge < -0.3 is 5.32 Å². The lowest BCUT2D eigenvalue weighted by molar-refractivity contribution is 0.316. The lowest BCUT2D eigenvalue weighted by Crippen LogP contribution is -2.39. The molecule has 0 radical (unpaired) electrons. The van der Waals surface area contributed by atoms with Gasteiger partial charge in [0.15, 0.2) is 0 Å². The maximum atomic E-state index is 11.9. The molecule has 0 aromatic heterocycles. The molecule has 0 amide bonds. The van der Waals surface area contributed by atoms with Gasteiger partial charge in [0, 0.05) is 19.1 Å². The highest BCUT2D eigenvalue weighted by atomic mass is 32.2. The van der Waals surface area contributed by atoms with E-state index in [2.05, 4.69) is 34.3 Å². The van der Waals surface area contributed by atoms with Crippen LogP contribution in [0, 0.1) is 5.92 Å². The molecular formula is C16H24N2O2S. The van der Waals surface area contributed by atoms with Gasteiger partial charge in [0.1, 0.15) is 0 Å². The molecule has 0 bridgehead atoms. The van der Waals surface area contributed by atoms with Crippen LogP contribution in [-0.2, 0) is 22.9 Å². The van der Waals surface area contributed by atoms with E-state index >= 15 is 0 Å². The van der Waals surface area contributed by atoms with Crippen molar-refractivity contribution in [2.75, 3.05) is 18.8 Å². The summed E-state index contributed by atoms with van der Waals surface area (Å²) in [5, 5.41) is 3.38. The van der Waals surface area contributed by atoms with Crippen molar-refractivity contribution in [3.05, 3.63) is 35.4 Å². The van der Waals surface area contributed by atoms with E-state index in [1.807, 2.05) is 0 Å². The molecule has 0 aliphatic heterocycles. The van der Waals surface area contributed by atoms with E-state index in [1.165, 1.54) is 30.4 Å². The monoisotopic (exact) mass is 308 g/mol. The van der Waals surface area contributed by atoms with Gasteiger partial charge >= 0.3 is 0 Å². The maximum absolute atomic E-state index is 11.9. The third-order valence-electron chi connectivity index (χ3n) is 4.67. The zero-order valence-electron chi connectivity index (χ0n) is 12.3. The highest BCUT2D eigenvalue weighted by Gasteiger charge is 2.22. The second-order valence-corrected chi connectivity index (χ2v) is 8.22. The molecule has 0 heterocycles. The first-order chi connectivity index (χ1) is 10.1. The summed E-state index contributed by atoms with van der Waals surface area (Å²) >= 11 is 0. The molecule has 116 valence electrons. The molecule has 0 atom stereocenters. The molecule has 21 heavy (non-hydrogen) atoms. The lowest BCUT2D eigenvalue weighted by Gasteiger charge is -2.25. The Morgan fingerprint density at radius 3 is 2.33 bits per heavy atom. The fraction of sp³-hybridized carbons (Fsp3) is 0.625. The largest absolute Gasteiger partial charge is 0.312 e. The van der Waals surface area contributed by atoms with Gasteiger partial charge in [-0.15, -0.1) is 0 Å². The van der Waals surface area contributed by atoms with E-state index < -0.39 is 10.0 Å². The van der Waals surface area contributed by atoms with Crippen molar-refractivity contribution in [2.24, 2.45) is 5.92 Å². The first-order valence-corrected chi connectivity index (χ1v) is 9.55. The summed E-state index contributed by atoms with van der Waals surface area (Å²) in [5.41, 5.74) is 2.78. The van der Waals surface area contributed by atoms with Crippen LogP contribution in [0.3, 0.4) is 0 Å². The Morgan fingerprint density at radius 2 is 1.76 bits per heavy atom. The average Bonchev–Trinajstić information content (AvgIpc) is 2.79. The predicted octanol–water partition coefficient (Wildman–Crippen LogP) is 1.46. The van der Waals surface area contributed by atoms with E-state index in [9.17, 15) is 8.42 Å². The molecule has 4 nitrogen and oxygen atoms in total. The molecule has 1 saturated carbocycles. The fourth-order valence-corrected chi connectivity index (χ4v) is 4.14. The van der Waals surface area contributed by atoms with Gasteiger partial charge in [-0.25, -0.2) is 13.1 Å². The maximum Gasteiger partial charge on any atom is 0.212 e. The summed E-state index contributed by atoms with van der Waals surface area (Å²) in [5.74, 6) is 0.740. The Kier molecular flexibility index (Phi) is 4.62. The molecule has 5 heteroatoms. The second-order valence-electron chi connectivity index (χ2n) is 6.29. The molecule has 1 aromatic rings. The van der Waals surface area contributed by atoms with Gasteiger partial charge in [-0.2, -0.15) is 0 Å². The minimum absolute atomic E-state index is 0.173. The first kappa shape index (κ1) is 15.0. The molecule has 2 N–H and O–H groups in total. The first-order valence-electron chi connectivity index (χ1n) is 7.90. The fourth-order valence-electron chi connectivity index (χ4n) is 3.11. The summed E-state index contributed by atoms with van der Waals surface area (Å²) in [7, 11) is -3.12. The molecule has 3 rings (SSSR count). The van der Waals surface area contributed by atoms with Crippen LogP contribution >= 0.6 is 0 Å². The van der Waals surface area contributed by atoms with Crippen molar-refractivity contribution in [1.29, 1.82) is 0 Å². The van der Waals surface area contributed by atoms with E-state index in [1.54, 1.807) is 0 Å². The number of fused-ring (bicyclic) bond motifs is 1. The summed E-state index contributed by atoms with van der Waals surface area (Å²) < 4.78 is 26.6. The summed E-state index contributed by atoms with van der Waals surface area (Å²) in [4.78, 5) is 0. The minimum atomic E-state index is -3.12. The Bertz CT molecular complexity index is 557. The van der Waals surface area contributed by atoms with Crippen molar-refractivity contribution in [1.82, 2.24) is 10.0 Å². The number of sulfonamides is 1. The van der Waals surface area contributed by atoms with Crippen LogP contribution in [0.1, 0.15) is 30.4 Å². The quantitative estimate of drug-likeness (QED) is 0.802. The number of hydrogen-bond donors (Lipinski definition) is 2. The molecule has 0 saturated heterocycles. The van der Waals surface area contributed by atoms with Crippen LogP contribution in [0.4, 0.5) is 0 Å². The lowest BCUT2D eigenvalue weighted by atomic mass is 9.86. The van der Waals surface area contributed by atoms with Crippen molar-refractivity contribution in [3.63, 3.8) is 0 Å². The van der Waals surface area contributed by atoms with E-state index in [0.717, 1.165) is 12.8 Å². The second kappa shape index (κ2) is 6.46. The third kappa shape index (κ3) is 4.05. The van der Waals surface area contributed by atoms with Crippen molar-refractivity contribution in [2.45, 2.75) is 38.1 Å². The van der Waals surface area contributed by atoms with Crippen molar-refractivity contribution >= 4 is 10.0 Å². The normalized spacial score (nSPS) is 19.4. The molecule has 0 unspecified atom stereocenters. The Morgan fingerprint density at radius 1 is 1.10 bits per heavy atom. The van der Waals surface area contributed by atoms with E-state index in [-0.39, 0.29) is 5.75 Å². The highest BCUT2D eigenvalue weighted by molar-refractivity contribution is 7.89. The topological polar surface area (TPSA) is 58.2 Å². The highest BCUT2D eigenvalue weighted by Crippen LogP contribution is 2.25. The zero-order chi connectivity index (χ0) is 14.7.